The molecule has 0 unspecified atom stereocenters. The van der Waals surface area contributed by atoms with Crippen LogP contribution in [-0.4, -0.2) is 35.3 Å². The summed E-state index contributed by atoms with van der Waals surface area (Å²) >= 11 is 0. The van der Waals surface area contributed by atoms with Crippen LogP contribution in [0.25, 0.3) is 11.3 Å². The molecule has 2 heterocycles. The highest BCUT2D eigenvalue weighted by Crippen LogP contribution is 2.35. The molecule has 152 valence electrons. The second kappa shape index (κ2) is 8.08. The molecule has 3 aromatic rings. The summed E-state index contributed by atoms with van der Waals surface area (Å²) in [6, 6.07) is 13.1. The predicted molar refractivity (Wildman–Crippen MR) is 106 cm³/mol. The van der Waals surface area contributed by atoms with Crippen molar-refractivity contribution in [3.63, 3.8) is 0 Å². The maximum atomic E-state index is 12.5. The van der Waals surface area contributed by atoms with Gasteiger partial charge in [-0.05, 0) is 30.3 Å². The monoisotopic (exact) mass is 407 g/mol. The molecule has 9 nitrogen and oxygen atoms in total. The van der Waals surface area contributed by atoms with Crippen molar-refractivity contribution in [3.8, 4) is 22.8 Å². The smallest absolute Gasteiger partial charge is 0.339 e. The number of nitrogens with one attached hydrogen (secondary N) is 1. The molecule has 30 heavy (non-hydrogen) atoms. The fourth-order valence-electron chi connectivity index (χ4n) is 2.98. The molecule has 0 bridgehead atoms. The number of nitrogens with zero attached hydrogens (tertiary/aromatic N) is 2. The zero-order valence-electron chi connectivity index (χ0n) is 16.0. The van der Waals surface area contributed by atoms with Crippen molar-refractivity contribution < 1.29 is 23.8 Å². The molecular weight excluding hydrogens is 390 g/mol. The lowest BCUT2D eigenvalue weighted by Gasteiger charge is -2.11. The Morgan fingerprint density at radius 2 is 1.93 bits per heavy atom. The Morgan fingerprint density at radius 3 is 2.73 bits per heavy atom. The zero-order valence-corrected chi connectivity index (χ0v) is 16.0. The molecule has 0 spiro atoms. The van der Waals surface area contributed by atoms with Gasteiger partial charge < -0.3 is 19.5 Å². The molecule has 0 aliphatic carbocycles. The number of carbonyl (C=O) groups is 2. The summed E-state index contributed by atoms with van der Waals surface area (Å²) in [6.45, 7) is -0.106. The van der Waals surface area contributed by atoms with Gasteiger partial charge in [-0.3, -0.25) is 14.2 Å². The summed E-state index contributed by atoms with van der Waals surface area (Å²) in [5.74, 6) is 0.169. The molecule has 2 aromatic carbocycles. The summed E-state index contributed by atoms with van der Waals surface area (Å²) in [4.78, 5) is 41.0. The van der Waals surface area contributed by atoms with E-state index in [4.69, 9.17) is 14.2 Å². The third-order valence-electron chi connectivity index (χ3n) is 4.47. The van der Waals surface area contributed by atoms with Crippen LogP contribution in [0.15, 0.2) is 59.7 Å². The number of hydrogen-bond donors (Lipinski definition) is 1. The van der Waals surface area contributed by atoms with Crippen LogP contribution in [0.5, 0.6) is 11.5 Å². The first-order chi connectivity index (χ1) is 14.5. The van der Waals surface area contributed by atoms with Gasteiger partial charge in [-0.2, -0.15) is 0 Å². The minimum absolute atomic E-state index is 0.155. The zero-order chi connectivity index (χ0) is 21.1. The number of esters is 1. The Hall–Kier alpha value is -4.14. The second-order valence-electron chi connectivity index (χ2n) is 6.39. The normalized spacial score (nSPS) is 11.8. The summed E-state index contributed by atoms with van der Waals surface area (Å²) in [6.07, 6.45) is 1.30. The molecular formula is C21H17N3O6. The number of para-hydroxylation sites is 1. The Balaban J connectivity index is 1.50. The number of anilines is 1. The first-order valence-electron chi connectivity index (χ1n) is 8.99. The molecule has 0 saturated carbocycles. The van der Waals surface area contributed by atoms with Crippen molar-refractivity contribution in [3.05, 3.63) is 70.8 Å². The Labute approximate surface area is 170 Å². The van der Waals surface area contributed by atoms with Crippen LogP contribution in [0.2, 0.25) is 0 Å². The fraction of sp³-hybridized carbons (Fsp3) is 0.143. The van der Waals surface area contributed by atoms with Gasteiger partial charge in [0.2, 0.25) is 12.7 Å². The van der Waals surface area contributed by atoms with E-state index >= 15 is 0 Å². The van der Waals surface area contributed by atoms with Gasteiger partial charge >= 0.3 is 5.97 Å². The van der Waals surface area contributed by atoms with Crippen LogP contribution in [0, 0.1) is 0 Å². The van der Waals surface area contributed by atoms with Crippen LogP contribution in [0.4, 0.5) is 5.69 Å². The SMILES string of the molecule is COC(=O)c1ccccc1NC(=O)Cn1cnc(-c2ccc3c(c2)OCO3)cc1=O. The minimum Gasteiger partial charge on any atom is -0.465 e. The molecule has 1 aliphatic rings. The van der Waals surface area contributed by atoms with Crippen molar-refractivity contribution in [1.29, 1.82) is 0 Å². The molecule has 9 heteroatoms. The number of ether oxygens (including phenoxy) is 3. The topological polar surface area (TPSA) is 109 Å². The lowest BCUT2D eigenvalue weighted by atomic mass is 10.1. The number of methoxy groups -OCH3 is 1. The summed E-state index contributed by atoms with van der Waals surface area (Å²) in [7, 11) is 1.26. The first kappa shape index (κ1) is 19.2. The van der Waals surface area contributed by atoms with E-state index in [-0.39, 0.29) is 18.9 Å². The van der Waals surface area contributed by atoms with Crippen LogP contribution in [-0.2, 0) is 16.1 Å². The summed E-state index contributed by atoms with van der Waals surface area (Å²) in [5.41, 5.74) is 1.27. The molecule has 0 atom stereocenters. The summed E-state index contributed by atoms with van der Waals surface area (Å²) < 4.78 is 16.5. The number of rotatable bonds is 5. The van der Waals surface area contributed by atoms with Crippen LogP contribution >= 0.6 is 0 Å². The van der Waals surface area contributed by atoms with Gasteiger partial charge in [0.25, 0.3) is 5.56 Å². The maximum Gasteiger partial charge on any atom is 0.339 e. The van der Waals surface area contributed by atoms with E-state index in [1.54, 1.807) is 36.4 Å². The van der Waals surface area contributed by atoms with Gasteiger partial charge in [-0.25, -0.2) is 9.78 Å². The van der Waals surface area contributed by atoms with Crippen LogP contribution < -0.4 is 20.3 Å². The van der Waals surface area contributed by atoms with E-state index < -0.39 is 17.4 Å². The molecule has 0 radical (unpaired) electrons. The molecule has 4 rings (SSSR count). The van der Waals surface area contributed by atoms with E-state index in [1.807, 2.05) is 0 Å². The number of carbonyl (C=O) groups excluding carboxylic acids is 2. The molecule has 1 N–H and O–H groups in total. The van der Waals surface area contributed by atoms with Crippen molar-refractivity contribution in [1.82, 2.24) is 9.55 Å². The van der Waals surface area contributed by atoms with E-state index in [9.17, 15) is 14.4 Å². The minimum atomic E-state index is -0.571. The largest absolute Gasteiger partial charge is 0.465 e. The molecule has 1 amide bonds. The lowest BCUT2D eigenvalue weighted by molar-refractivity contribution is -0.116. The first-order valence-corrected chi connectivity index (χ1v) is 8.99. The van der Waals surface area contributed by atoms with Crippen molar-refractivity contribution >= 4 is 17.6 Å². The third-order valence-corrected chi connectivity index (χ3v) is 4.47. The van der Waals surface area contributed by atoms with E-state index in [0.717, 1.165) is 0 Å². The van der Waals surface area contributed by atoms with Gasteiger partial charge in [0.05, 0.1) is 30.4 Å². The van der Waals surface area contributed by atoms with Gasteiger partial charge in [0.1, 0.15) is 6.54 Å². The summed E-state index contributed by atoms with van der Waals surface area (Å²) in [5, 5.41) is 2.62. The predicted octanol–water partition coefficient (Wildman–Crippen LogP) is 2.06. The van der Waals surface area contributed by atoms with Crippen molar-refractivity contribution in [2.24, 2.45) is 0 Å². The van der Waals surface area contributed by atoms with Crippen LogP contribution in [0.1, 0.15) is 10.4 Å². The highest BCUT2D eigenvalue weighted by Gasteiger charge is 2.16. The fourth-order valence-corrected chi connectivity index (χ4v) is 2.98. The van der Waals surface area contributed by atoms with Gasteiger partial charge in [0.15, 0.2) is 11.5 Å². The van der Waals surface area contributed by atoms with Crippen LogP contribution in [0.3, 0.4) is 0 Å². The average molecular weight is 407 g/mol. The number of aromatic nitrogens is 2. The van der Waals surface area contributed by atoms with E-state index in [1.165, 1.54) is 30.1 Å². The highest BCUT2D eigenvalue weighted by atomic mass is 16.7. The third kappa shape index (κ3) is 3.86. The number of fused-ring (bicyclic) bond motifs is 1. The standard InChI is InChI=1S/C21H17N3O6/c1-28-21(27)14-4-2-3-5-15(14)23-19(25)10-24-11-22-16(9-20(24)26)13-6-7-17-18(8-13)30-12-29-17/h2-9,11H,10,12H2,1H3,(H,23,25). The average Bonchev–Trinajstić information content (AvgIpc) is 3.23. The Morgan fingerprint density at radius 1 is 1.13 bits per heavy atom. The maximum absolute atomic E-state index is 12.5. The molecule has 1 aliphatic heterocycles. The quantitative estimate of drug-likeness (QED) is 0.645. The van der Waals surface area contributed by atoms with Crippen molar-refractivity contribution in [2.75, 3.05) is 19.2 Å². The Kier molecular flexibility index (Phi) is 5.17. The number of hydrogen-bond acceptors (Lipinski definition) is 7. The van der Waals surface area contributed by atoms with E-state index in [2.05, 4.69) is 10.3 Å². The molecule has 0 saturated heterocycles. The Bertz CT molecular complexity index is 1190. The van der Waals surface area contributed by atoms with Gasteiger partial charge in [0, 0.05) is 11.6 Å². The van der Waals surface area contributed by atoms with Gasteiger partial charge in [-0.15, -0.1) is 0 Å². The highest BCUT2D eigenvalue weighted by molar-refractivity contribution is 6.01. The molecule has 0 fully saturated rings. The number of benzene rings is 2. The van der Waals surface area contributed by atoms with Crippen molar-refractivity contribution in [2.45, 2.75) is 6.54 Å². The number of amides is 1. The second-order valence-corrected chi connectivity index (χ2v) is 6.39. The van der Waals surface area contributed by atoms with Gasteiger partial charge in [-0.1, -0.05) is 12.1 Å². The lowest BCUT2D eigenvalue weighted by Crippen LogP contribution is -2.28. The molecule has 1 aromatic heterocycles. The van der Waals surface area contributed by atoms with E-state index in [0.29, 0.717) is 28.4 Å².